The van der Waals surface area contributed by atoms with Crippen molar-refractivity contribution < 1.29 is 0 Å². The Morgan fingerprint density at radius 3 is 2.12 bits per heavy atom. The van der Waals surface area contributed by atoms with Crippen molar-refractivity contribution in [2.24, 2.45) is 5.10 Å². The van der Waals surface area contributed by atoms with Crippen LogP contribution in [0.15, 0.2) is 5.10 Å². The molecule has 0 atom stereocenters. The molecule has 0 amide bonds. The van der Waals surface area contributed by atoms with Crippen molar-refractivity contribution in [1.29, 1.82) is 5.41 Å². The van der Waals surface area contributed by atoms with Gasteiger partial charge in [0, 0.05) is 7.05 Å². The highest BCUT2D eigenvalue weighted by Gasteiger charge is 1.88. The number of rotatable bonds is 2. The highest BCUT2D eigenvalue weighted by molar-refractivity contribution is 6.39. The molecule has 0 unspecified atom stereocenters. The van der Waals surface area contributed by atoms with Crippen LogP contribution in [0.5, 0.6) is 0 Å². The zero-order chi connectivity index (χ0) is 6.57. The molecule has 0 aromatic rings. The molecule has 0 spiro atoms. The Kier molecular flexibility index (Phi) is 2.84. The second-order valence-corrected chi connectivity index (χ2v) is 1.55. The lowest BCUT2D eigenvalue weighted by Crippen LogP contribution is -2.08. The van der Waals surface area contributed by atoms with E-state index in [2.05, 4.69) is 10.5 Å². The minimum Gasteiger partial charge on any atom is -0.313 e. The van der Waals surface area contributed by atoms with Gasteiger partial charge in [-0.15, -0.1) is 0 Å². The summed E-state index contributed by atoms with van der Waals surface area (Å²) in [7, 11) is 1.71. The van der Waals surface area contributed by atoms with Crippen LogP contribution >= 0.6 is 0 Å². The molecule has 0 aliphatic rings. The van der Waals surface area contributed by atoms with E-state index in [-0.39, 0.29) is 0 Å². The van der Waals surface area contributed by atoms with Gasteiger partial charge in [0.1, 0.15) is 0 Å². The third-order valence-electron chi connectivity index (χ3n) is 0.822. The van der Waals surface area contributed by atoms with Gasteiger partial charge in [0.25, 0.3) is 0 Å². The molecule has 2 N–H and O–H groups in total. The van der Waals surface area contributed by atoms with Gasteiger partial charge in [-0.05, 0) is 13.8 Å². The molecule has 0 bridgehead atoms. The maximum Gasteiger partial charge on any atom is 0.0776 e. The summed E-state index contributed by atoms with van der Waals surface area (Å²) >= 11 is 0. The fourth-order valence-electron chi connectivity index (χ4n) is 0.252. The molecule has 0 heterocycles. The number of hydrogen-bond acceptors (Lipinski definition) is 3. The van der Waals surface area contributed by atoms with Crippen molar-refractivity contribution in [2.75, 3.05) is 7.05 Å². The Balaban J connectivity index is 3.80. The molecule has 8 heavy (non-hydrogen) atoms. The van der Waals surface area contributed by atoms with Crippen LogP contribution in [-0.4, -0.2) is 18.5 Å². The Morgan fingerprint density at radius 2 is 2.00 bits per heavy atom. The van der Waals surface area contributed by atoms with Gasteiger partial charge in [0.2, 0.25) is 0 Å². The molecule has 0 radical (unpaired) electrons. The number of hydrazone groups is 1. The fraction of sp³-hybridized carbons (Fsp3) is 0.600. The average Bonchev–Trinajstić information content (AvgIpc) is 1.67. The summed E-state index contributed by atoms with van der Waals surface area (Å²) in [5.41, 5.74) is 3.82. The minimum absolute atomic E-state index is 0.499. The molecular weight excluding hydrogens is 102 g/mol. The highest BCUT2D eigenvalue weighted by Crippen LogP contribution is 1.75. The first-order valence-electron chi connectivity index (χ1n) is 2.45. The van der Waals surface area contributed by atoms with Crippen molar-refractivity contribution in [2.45, 2.75) is 13.8 Å². The minimum atomic E-state index is 0.499. The SMILES string of the molecule is CN/N=C(/C)C(C)=N. The average molecular weight is 113 g/mol. The number of hydrogen-bond donors (Lipinski definition) is 2. The van der Waals surface area contributed by atoms with E-state index in [4.69, 9.17) is 5.41 Å². The first-order chi connectivity index (χ1) is 3.68. The lowest BCUT2D eigenvalue weighted by atomic mass is 10.3. The van der Waals surface area contributed by atoms with E-state index in [1.54, 1.807) is 20.9 Å². The van der Waals surface area contributed by atoms with Crippen LogP contribution < -0.4 is 5.43 Å². The standard InChI is InChI=1S/C5H11N3/c1-4(6)5(2)8-7-3/h6-7H,1-3H3/b6-4?,8-5-. The smallest absolute Gasteiger partial charge is 0.0776 e. The van der Waals surface area contributed by atoms with Crippen molar-refractivity contribution in [3.63, 3.8) is 0 Å². The van der Waals surface area contributed by atoms with Crippen LogP contribution in [0.25, 0.3) is 0 Å². The molecule has 0 aliphatic heterocycles. The number of nitrogens with one attached hydrogen (secondary N) is 2. The lowest BCUT2D eigenvalue weighted by molar-refractivity contribution is 0.902. The van der Waals surface area contributed by atoms with Gasteiger partial charge in [0.05, 0.1) is 11.4 Å². The molecule has 0 fully saturated rings. The summed E-state index contributed by atoms with van der Waals surface area (Å²) in [6, 6.07) is 0. The van der Waals surface area contributed by atoms with E-state index < -0.39 is 0 Å². The lowest BCUT2D eigenvalue weighted by Gasteiger charge is -1.92. The third-order valence-corrected chi connectivity index (χ3v) is 0.822. The van der Waals surface area contributed by atoms with E-state index >= 15 is 0 Å². The zero-order valence-electron chi connectivity index (χ0n) is 5.45. The van der Waals surface area contributed by atoms with Crippen LogP contribution in [0.3, 0.4) is 0 Å². The van der Waals surface area contributed by atoms with Gasteiger partial charge in [-0.25, -0.2) is 0 Å². The molecule has 0 saturated heterocycles. The zero-order valence-corrected chi connectivity index (χ0v) is 5.45. The molecule has 3 heteroatoms. The summed E-state index contributed by atoms with van der Waals surface area (Å²) < 4.78 is 0. The first-order valence-corrected chi connectivity index (χ1v) is 2.45. The summed E-state index contributed by atoms with van der Waals surface area (Å²) in [6.07, 6.45) is 0. The van der Waals surface area contributed by atoms with E-state index in [1.807, 2.05) is 0 Å². The monoisotopic (exact) mass is 113 g/mol. The Morgan fingerprint density at radius 1 is 1.50 bits per heavy atom. The fourth-order valence-corrected chi connectivity index (χ4v) is 0.252. The van der Waals surface area contributed by atoms with Crippen molar-refractivity contribution in [3.8, 4) is 0 Å². The van der Waals surface area contributed by atoms with E-state index in [9.17, 15) is 0 Å². The molecule has 0 saturated carbocycles. The summed E-state index contributed by atoms with van der Waals surface area (Å²) in [5.74, 6) is 0. The second-order valence-electron chi connectivity index (χ2n) is 1.55. The molecule has 3 nitrogen and oxygen atoms in total. The van der Waals surface area contributed by atoms with Crippen LogP contribution in [-0.2, 0) is 0 Å². The van der Waals surface area contributed by atoms with Crippen LogP contribution in [0.2, 0.25) is 0 Å². The summed E-state index contributed by atoms with van der Waals surface area (Å²) in [4.78, 5) is 0. The highest BCUT2D eigenvalue weighted by atomic mass is 15.3. The summed E-state index contributed by atoms with van der Waals surface area (Å²) in [5, 5.41) is 10.8. The topological polar surface area (TPSA) is 48.2 Å². The van der Waals surface area contributed by atoms with Gasteiger partial charge in [-0.2, -0.15) is 5.10 Å². The molecule has 46 valence electrons. The molecular formula is C5H11N3. The maximum atomic E-state index is 7.03. The van der Waals surface area contributed by atoms with E-state index in [0.29, 0.717) is 5.71 Å². The Bertz CT molecular complexity index is 115. The predicted molar refractivity (Wildman–Crippen MR) is 35.6 cm³/mol. The number of nitrogens with zero attached hydrogens (tertiary/aromatic N) is 1. The maximum absolute atomic E-state index is 7.03. The van der Waals surface area contributed by atoms with E-state index in [0.717, 1.165) is 5.71 Å². The first kappa shape index (κ1) is 7.14. The quantitative estimate of drug-likeness (QED) is 0.400. The van der Waals surface area contributed by atoms with Gasteiger partial charge >= 0.3 is 0 Å². The third kappa shape index (κ3) is 2.34. The Labute approximate surface area is 49.3 Å². The predicted octanol–water partition coefficient (Wildman–Crippen LogP) is 0.621. The molecule has 0 aromatic heterocycles. The van der Waals surface area contributed by atoms with E-state index in [1.165, 1.54) is 0 Å². The van der Waals surface area contributed by atoms with Crippen molar-refractivity contribution in [1.82, 2.24) is 5.43 Å². The van der Waals surface area contributed by atoms with Crippen molar-refractivity contribution in [3.05, 3.63) is 0 Å². The molecule has 0 aromatic carbocycles. The summed E-state index contributed by atoms with van der Waals surface area (Å²) in [6.45, 7) is 3.50. The molecule has 0 aliphatic carbocycles. The van der Waals surface area contributed by atoms with Gasteiger partial charge in [-0.1, -0.05) is 0 Å². The second kappa shape index (κ2) is 3.18. The van der Waals surface area contributed by atoms with Crippen LogP contribution in [0, 0.1) is 5.41 Å². The van der Waals surface area contributed by atoms with Gasteiger partial charge in [-0.3, -0.25) is 0 Å². The van der Waals surface area contributed by atoms with Crippen LogP contribution in [0.1, 0.15) is 13.8 Å². The Hall–Kier alpha value is -0.860. The molecule has 0 rings (SSSR count). The van der Waals surface area contributed by atoms with Gasteiger partial charge in [0.15, 0.2) is 0 Å². The largest absolute Gasteiger partial charge is 0.313 e. The van der Waals surface area contributed by atoms with Crippen LogP contribution in [0.4, 0.5) is 0 Å². The van der Waals surface area contributed by atoms with Crippen molar-refractivity contribution >= 4 is 11.4 Å². The normalized spacial score (nSPS) is 11.1. The van der Waals surface area contributed by atoms with Gasteiger partial charge < -0.3 is 10.8 Å².